The number of piperazine rings is 1. The van der Waals surface area contributed by atoms with Crippen molar-refractivity contribution < 1.29 is 18.9 Å². The van der Waals surface area contributed by atoms with Crippen LogP contribution >= 0.6 is 0 Å². The lowest BCUT2D eigenvalue weighted by Gasteiger charge is -2.39. The van der Waals surface area contributed by atoms with Gasteiger partial charge in [0.05, 0.1) is 11.7 Å². The number of aryl methyl sites for hydroxylation is 1. The summed E-state index contributed by atoms with van der Waals surface area (Å²) >= 11 is 0. The van der Waals surface area contributed by atoms with Crippen LogP contribution in [0.3, 0.4) is 0 Å². The fraction of sp³-hybridized carbons (Fsp3) is 0.404. The fourth-order valence-electron chi connectivity index (χ4n) is 9.23. The first-order chi connectivity index (χ1) is 30.6. The first-order valence-electron chi connectivity index (χ1n) is 22.1. The van der Waals surface area contributed by atoms with Crippen molar-refractivity contribution in [3.8, 4) is 22.5 Å². The Hall–Kier alpha value is -6.68. The molecule has 16 heteroatoms. The van der Waals surface area contributed by atoms with Gasteiger partial charge in [0.1, 0.15) is 17.8 Å². The molecule has 3 saturated heterocycles. The predicted octanol–water partition coefficient (Wildman–Crippen LogP) is 6.41. The van der Waals surface area contributed by atoms with Crippen LogP contribution < -0.4 is 25.3 Å². The number of urea groups is 1. The minimum atomic E-state index is -0.383. The highest BCUT2D eigenvalue weighted by atomic mass is 16.5. The minimum Gasteiger partial charge on any atom is -0.372 e. The van der Waals surface area contributed by atoms with Gasteiger partial charge in [0.15, 0.2) is 5.82 Å². The topological polar surface area (TPSA) is 182 Å². The van der Waals surface area contributed by atoms with Gasteiger partial charge >= 0.3 is 17.8 Å². The van der Waals surface area contributed by atoms with E-state index in [1.807, 2.05) is 44.3 Å². The van der Waals surface area contributed by atoms with E-state index in [2.05, 4.69) is 88.8 Å². The van der Waals surface area contributed by atoms with Crippen molar-refractivity contribution in [1.29, 1.82) is 0 Å². The summed E-state index contributed by atoms with van der Waals surface area (Å²) in [7, 11) is 0. The smallest absolute Gasteiger partial charge is 0.328 e. The summed E-state index contributed by atoms with van der Waals surface area (Å²) in [4.78, 5) is 67.8. The lowest BCUT2D eigenvalue weighted by molar-refractivity contribution is -0.120. The van der Waals surface area contributed by atoms with Crippen molar-refractivity contribution in [2.45, 2.75) is 64.3 Å². The normalized spacial score (nSPS) is 18.7. The first-order valence-corrected chi connectivity index (χ1v) is 22.1. The van der Waals surface area contributed by atoms with Gasteiger partial charge in [-0.1, -0.05) is 24.2 Å². The lowest BCUT2D eigenvalue weighted by Crippen LogP contribution is -2.49. The van der Waals surface area contributed by atoms with Gasteiger partial charge in [0.25, 0.3) is 0 Å². The van der Waals surface area contributed by atoms with Gasteiger partial charge in [-0.15, -0.1) is 0 Å². The van der Waals surface area contributed by atoms with Gasteiger partial charge in [-0.05, 0) is 105 Å². The van der Waals surface area contributed by atoms with Crippen LogP contribution in [-0.2, 0) is 10.2 Å². The Kier molecular flexibility index (Phi) is 10.6. The molecule has 7 heterocycles. The number of rotatable bonds is 11. The quantitative estimate of drug-likeness (QED) is 0.131. The maximum atomic E-state index is 13.0. The van der Waals surface area contributed by atoms with Crippen molar-refractivity contribution in [2.75, 3.05) is 67.1 Å². The van der Waals surface area contributed by atoms with Gasteiger partial charge in [-0.3, -0.25) is 24.7 Å². The molecule has 16 nitrogen and oxygen atoms in total. The third-order valence-electron chi connectivity index (χ3n) is 13.4. The Bertz CT molecular complexity index is 2660. The van der Waals surface area contributed by atoms with Crippen molar-refractivity contribution in [2.24, 2.45) is 5.92 Å². The van der Waals surface area contributed by atoms with E-state index in [0.29, 0.717) is 24.7 Å². The van der Waals surface area contributed by atoms with E-state index < -0.39 is 0 Å². The van der Waals surface area contributed by atoms with E-state index in [-0.39, 0.29) is 35.2 Å². The summed E-state index contributed by atoms with van der Waals surface area (Å²) in [6.45, 7) is 13.5. The zero-order valence-electron chi connectivity index (χ0n) is 35.9. The molecule has 10 rings (SSSR count). The summed E-state index contributed by atoms with van der Waals surface area (Å²) in [5.41, 5.74) is 8.36. The molecule has 2 aromatic carbocycles. The number of carbonyl (C=O) groups excluding carboxylic acids is 3. The second-order valence-corrected chi connectivity index (χ2v) is 17.8. The summed E-state index contributed by atoms with van der Waals surface area (Å²) in [5, 5.41) is 10.4. The van der Waals surface area contributed by atoms with Crippen LogP contribution in [-0.4, -0.2) is 105 Å². The average molecular weight is 849 g/mol. The van der Waals surface area contributed by atoms with E-state index in [1.165, 1.54) is 5.69 Å². The molecule has 6 aromatic rings. The van der Waals surface area contributed by atoms with Crippen LogP contribution in [0.2, 0.25) is 0 Å². The number of fused-ring (bicyclic) bond motifs is 1. The van der Waals surface area contributed by atoms with Crippen molar-refractivity contribution in [3.05, 3.63) is 96.0 Å². The number of aromatic amines is 1. The lowest BCUT2D eigenvalue weighted by atomic mass is 9.95. The third-order valence-corrected chi connectivity index (χ3v) is 13.4. The summed E-state index contributed by atoms with van der Waals surface area (Å²) in [5.74, 6) is 1.64. The molecule has 0 unspecified atom stereocenters. The molecule has 4 aliphatic rings. The summed E-state index contributed by atoms with van der Waals surface area (Å²) in [6, 6.07) is 20.0. The number of H-pyrrole nitrogens is 1. The molecule has 0 radical (unpaired) electrons. The molecule has 63 heavy (non-hydrogen) atoms. The number of amides is 4. The standard InChI is InChI=1S/C47H52N12O4/c1-29-24-32(4-10-36(29)30(2)51-43(61)44-54-45(55-63-44)47(3)15-16-47)41-37-25-38(52-42(37)50-28-49-41)33-5-11-39(48-26-33)58-22-20-56(21-23-58)27-31-12-17-57(18-13-31)34-6-8-35(9-7-34)59-19-14-40(60)53-46(59)62/h4-11,24-26,28,30-31H,12-23,27H2,1-3H3,(H,51,61)(H,49,50,52)(H,53,60,62)/t30-/m1/s1. The Morgan fingerprint density at radius 1 is 0.889 bits per heavy atom. The average Bonchev–Trinajstić information content (AvgIpc) is 3.63. The van der Waals surface area contributed by atoms with E-state index in [9.17, 15) is 14.4 Å². The minimum absolute atomic E-state index is 0.00988. The molecule has 1 atom stereocenters. The summed E-state index contributed by atoms with van der Waals surface area (Å²) < 4.78 is 5.29. The maximum Gasteiger partial charge on any atom is 0.328 e. The Morgan fingerprint density at radius 2 is 1.65 bits per heavy atom. The molecule has 3 N–H and O–H groups in total. The Balaban J connectivity index is 0.715. The maximum absolute atomic E-state index is 13.0. The Labute approximate surface area is 365 Å². The van der Waals surface area contributed by atoms with Crippen LogP contribution in [0, 0.1) is 12.8 Å². The van der Waals surface area contributed by atoms with Crippen molar-refractivity contribution >= 4 is 46.1 Å². The first kappa shape index (κ1) is 40.4. The van der Waals surface area contributed by atoms with Crippen LogP contribution in [0.15, 0.2) is 77.7 Å². The number of imide groups is 1. The fourth-order valence-corrected chi connectivity index (χ4v) is 9.23. The predicted molar refractivity (Wildman–Crippen MR) is 240 cm³/mol. The number of benzene rings is 2. The summed E-state index contributed by atoms with van der Waals surface area (Å²) in [6.07, 6.45) is 8.15. The number of nitrogens with one attached hydrogen (secondary N) is 3. The zero-order chi connectivity index (χ0) is 43.2. The molecule has 4 fully saturated rings. The zero-order valence-corrected chi connectivity index (χ0v) is 35.9. The van der Waals surface area contributed by atoms with Crippen molar-refractivity contribution in [3.63, 3.8) is 0 Å². The number of aromatic nitrogens is 6. The molecule has 4 amide bonds. The van der Waals surface area contributed by atoms with E-state index >= 15 is 0 Å². The van der Waals surface area contributed by atoms with E-state index in [1.54, 1.807) is 11.2 Å². The number of piperidine rings is 1. The molecule has 0 spiro atoms. The van der Waals surface area contributed by atoms with Crippen LogP contribution in [0.5, 0.6) is 0 Å². The van der Waals surface area contributed by atoms with Gasteiger partial charge in [0, 0.05) is 104 Å². The second kappa shape index (κ2) is 16.5. The molecule has 4 aromatic heterocycles. The number of nitrogens with zero attached hydrogens (tertiary/aromatic N) is 9. The highest BCUT2D eigenvalue weighted by Gasteiger charge is 2.44. The number of hydrogen-bond acceptors (Lipinski definition) is 12. The van der Waals surface area contributed by atoms with Gasteiger partial charge in [-0.25, -0.2) is 19.7 Å². The van der Waals surface area contributed by atoms with Gasteiger partial charge in [0.2, 0.25) is 5.91 Å². The van der Waals surface area contributed by atoms with E-state index in [0.717, 1.165) is 128 Å². The molecular weight excluding hydrogens is 797 g/mol. The Morgan fingerprint density at radius 3 is 2.37 bits per heavy atom. The number of anilines is 3. The molecule has 1 saturated carbocycles. The second-order valence-electron chi connectivity index (χ2n) is 17.8. The van der Waals surface area contributed by atoms with Gasteiger partial charge in [-0.2, -0.15) is 4.98 Å². The number of pyridine rings is 1. The highest BCUT2D eigenvalue weighted by Crippen LogP contribution is 2.46. The number of hydrogen-bond donors (Lipinski definition) is 3. The van der Waals surface area contributed by atoms with Crippen LogP contribution in [0.25, 0.3) is 33.5 Å². The molecule has 0 bridgehead atoms. The molecule has 3 aliphatic heterocycles. The van der Waals surface area contributed by atoms with Crippen LogP contribution in [0.1, 0.15) is 79.6 Å². The van der Waals surface area contributed by atoms with Crippen molar-refractivity contribution in [1.82, 2.24) is 45.6 Å². The molecule has 324 valence electrons. The van der Waals surface area contributed by atoms with E-state index in [4.69, 9.17) is 14.5 Å². The van der Waals surface area contributed by atoms with Gasteiger partial charge < -0.3 is 24.6 Å². The monoisotopic (exact) mass is 848 g/mol. The molecular formula is C47H52N12O4. The number of carbonyl (C=O) groups is 3. The van der Waals surface area contributed by atoms with Crippen LogP contribution in [0.4, 0.5) is 22.0 Å². The largest absolute Gasteiger partial charge is 0.372 e. The highest BCUT2D eigenvalue weighted by molar-refractivity contribution is 6.05. The SMILES string of the molecule is Cc1cc(-c2ncnc3[nH]c(-c4ccc(N5CCN(CC6CCN(c7ccc(N8CCC(=O)NC8=O)cc7)CC6)CC5)nc4)cc23)ccc1[C@@H](C)NC(=O)c1nc(C2(C)CC2)no1. The third kappa shape index (κ3) is 8.34. The molecule has 1 aliphatic carbocycles.